The summed E-state index contributed by atoms with van der Waals surface area (Å²) >= 11 is 7.45. The topological polar surface area (TPSA) is 127 Å². The molecule has 0 unspecified atom stereocenters. The fourth-order valence-corrected chi connectivity index (χ4v) is 3.47. The Hall–Kier alpha value is -3.28. The molecule has 0 saturated carbocycles. The van der Waals surface area contributed by atoms with E-state index in [1.165, 1.54) is 38.9 Å². The molecule has 3 aromatic rings. The number of hydrogen-bond donors (Lipinski definition) is 4. The predicted molar refractivity (Wildman–Crippen MR) is 113 cm³/mol. The fourth-order valence-electron chi connectivity index (χ4n) is 2.55. The molecule has 12 heteroatoms. The van der Waals surface area contributed by atoms with Crippen LogP contribution in [-0.4, -0.2) is 42.4 Å². The maximum atomic E-state index is 11.7. The zero-order valence-corrected chi connectivity index (χ0v) is 17.7. The average Bonchev–Trinajstić information content (AvgIpc) is 3.22. The van der Waals surface area contributed by atoms with E-state index in [2.05, 4.69) is 20.6 Å². The number of carbonyl (C=O) groups is 1. The minimum absolute atomic E-state index is 0.237. The van der Waals surface area contributed by atoms with Crippen LogP contribution in [0.4, 0.5) is 22.5 Å². The lowest BCUT2D eigenvalue weighted by Gasteiger charge is -2.15. The van der Waals surface area contributed by atoms with Gasteiger partial charge in [0, 0.05) is 17.8 Å². The van der Waals surface area contributed by atoms with E-state index in [9.17, 15) is 4.79 Å². The first-order valence-corrected chi connectivity index (χ1v) is 9.65. The van der Waals surface area contributed by atoms with Gasteiger partial charge in [0.2, 0.25) is 11.7 Å². The molecule has 2 aromatic heterocycles. The molecule has 0 atom stereocenters. The summed E-state index contributed by atoms with van der Waals surface area (Å²) in [6.45, 7) is 0. The Morgan fingerprint density at radius 2 is 1.83 bits per heavy atom. The van der Waals surface area contributed by atoms with Crippen molar-refractivity contribution in [3.8, 4) is 17.2 Å². The average molecular weight is 452 g/mol. The third kappa shape index (κ3) is 4.48. The highest BCUT2D eigenvalue weighted by Gasteiger charge is 2.16. The third-order valence-corrected chi connectivity index (χ3v) is 5.01. The van der Waals surface area contributed by atoms with Gasteiger partial charge in [0.1, 0.15) is 10.0 Å². The second-order valence-corrected chi connectivity index (χ2v) is 6.98. The van der Waals surface area contributed by atoms with E-state index in [0.29, 0.717) is 27.9 Å². The molecule has 0 bridgehead atoms. The standard InChI is InChI=1S/C18H18ClN5O5S/c1-27-12-6-9(7-13(28-2)14(12)29-3)21-18-20-8-11(19)15(23-18)22-17-10(4-5-30-17)16(25)24-26/h4-8,26H,1-3H3,(H,24,25)(H2,20,21,22,23). The van der Waals surface area contributed by atoms with E-state index in [4.69, 9.17) is 31.0 Å². The van der Waals surface area contributed by atoms with Gasteiger partial charge in [-0.3, -0.25) is 10.0 Å². The zero-order chi connectivity index (χ0) is 21.7. The molecule has 0 aliphatic heterocycles. The van der Waals surface area contributed by atoms with Gasteiger partial charge in [-0.2, -0.15) is 4.98 Å². The number of methoxy groups -OCH3 is 3. The van der Waals surface area contributed by atoms with Gasteiger partial charge in [0.25, 0.3) is 5.91 Å². The molecule has 158 valence electrons. The number of thiophene rings is 1. The van der Waals surface area contributed by atoms with E-state index in [0.717, 1.165) is 0 Å². The molecule has 30 heavy (non-hydrogen) atoms. The van der Waals surface area contributed by atoms with Crippen LogP contribution in [0.15, 0.2) is 29.8 Å². The van der Waals surface area contributed by atoms with Crippen molar-refractivity contribution in [1.82, 2.24) is 15.4 Å². The lowest BCUT2D eigenvalue weighted by Crippen LogP contribution is -2.18. The van der Waals surface area contributed by atoms with Crippen LogP contribution in [0.5, 0.6) is 17.2 Å². The highest BCUT2D eigenvalue weighted by atomic mass is 35.5. The second kappa shape index (κ2) is 9.48. The normalized spacial score (nSPS) is 10.3. The summed E-state index contributed by atoms with van der Waals surface area (Å²) < 4.78 is 16.0. The second-order valence-electron chi connectivity index (χ2n) is 5.66. The molecular formula is C18H18ClN5O5S. The summed E-state index contributed by atoms with van der Waals surface area (Å²) in [4.78, 5) is 20.3. The van der Waals surface area contributed by atoms with Gasteiger partial charge in [-0.05, 0) is 11.4 Å². The molecule has 0 radical (unpaired) electrons. The monoisotopic (exact) mass is 451 g/mol. The van der Waals surface area contributed by atoms with E-state index < -0.39 is 5.91 Å². The van der Waals surface area contributed by atoms with Gasteiger partial charge in [-0.15, -0.1) is 11.3 Å². The van der Waals surface area contributed by atoms with Crippen LogP contribution in [0.2, 0.25) is 5.02 Å². The van der Waals surface area contributed by atoms with Crippen LogP contribution in [-0.2, 0) is 0 Å². The summed E-state index contributed by atoms with van der Waals surface area (Å²) in [6.07, 6.45) is 1.41. The number of hydrogen-bond acceptors (Lipinski definition) is 10. The highest BCUT2D eigenvalue weighted by molar-refractivity contribution is 7.14. The summed E-state index contributed by atoms with van der Waals surface area (Å²) in [7, 11) is 4.55. The van der Waals surface area contributed by atoms with Crippen molar-refractivity contribution < 1.29 is 24.2 Å². The quantitative estimate of drug-likeness (QED) is 0.298. The minimum Gasteiger partial charge on any atom is -0.493 e. The number of nitrogens with zero attached hydrogens (tertiary/aromatic N) is 2. The first kappa shape index (κ1) is 21.4. The van der Waals surface area contributed by atoms with Crippen LogP contribution < -0.4 is 30.3 Å². The molecule has 3 rings (SSSR count). The highest BCUT2D eigenvalue weighted by Crippen LogP contribution is 2.40. The van der Waals surface area contributed by atoms with Gasteiger partial charge in [0.15, 0.2) is 17.3 Å². The lowest BCUT2D eigenvalue weighted by molar-refractivity contribution is 0.0707. The fraction of sp³-hybridized carbons (Fsp3) is 0.167. The minimum atomic E-state index is -0.653. The molecule has 0 fully saturated rings. The summed E-state index contributed by atoms with van der Waals surface area (Å²) in [6, 6.07) is 4.97. The summed E-state index contributed by atoms with van der Waals surface area (Å²) in [5.41, 5.74) is 2.44. The Kier molecular flexibility index (Phi) is 6.77. The van der Waals surface area contributed by atoms with Crippen molar-refractivity contribution in [2.45, 2.75) is 0 Å². The van der Waals surface area contributed by atoms with Gasteiger partial charge < -0.3 is 24.8 Å². The summed E-state index contributed by atoms with van der Waals surface area (Å²) in [5.74, 6) is 1.24. The largest absolute Gasteiger partial charge is 0.493 e. The zero-order valence-electron chi connectivity index (χ0n) is 16.1. The molecule has 0 aliphatic rings. The molecule has 0 saturated heterocycles. The predicted octanol–water partition coefficient (Wildman–Crippen LogP) is 3.82. The number of carbonyl (C=O) groups excluding carboxylic acids is 1. The first-order valence-electron chi connectivity index (χ1n) is 8.39. The SMILES string of the molecule is COc1cc(Nc2ncc(Cl)c(Nc3sccc3C(=O)NO)n2)cc(OC)c1OC. The number of ether oxygens (including phenoxy) is 3. The molecular weight excluding hydrogens is 434 g/mol. The number of aromatic nitrogens is 2. The van der Waals surface area contributed by atoms with Gasteiger partial charge >= 0.3 is 0 Å². The maximum Gasteiger partial charge on any atom is 0.277 e. The van der Waals surface area contributed by atoms with E-state index >= 15 is 0 Å². The van der Waals surface area contributed by atoms with Gasteiger partial charge in [-0.1, -0.05) is 11.6 Å². The van der Waals surface area contributed by atoms with Crippen molar-refractivity contribution in [3.05, 3.63) is 40.4 Å². The van der Waals surface area contributed by atoms with Crippen molar-refractivity contribution in [2.75, 3.05) is 32.0 Å². The number of rotatable bonds is 8. The Morgan fingerprint density at radius 3 is 2.43 bits per heavy atom. The van der Waals surface area contributed by atoms with Crippen LogP contribution in [0.25, 0.3) is 0 Å². The number of benzene rings is 1. The van der Waals surface area contributed by atoms with Crippen LogP contribution in [0.1, 0.15) is 10.4 Å². The number of anilines is 4. The third-order valence-electron chi connectivity index (χ3n) is 3.91. The van der Waals surface area contributed by atoms with E-state index in [1.807, 2.05) is 0 Å². The number of amides is 1. The van der Waals surface area contributed by atoms with E-state index in [1.54, 1.807) is 29.1 Å². The van der Waals surface area contributed by atoms with Crippen molar-refractivity contribution in [3.63, 3.8) is 0 Å². The smallest absolute Gasteiger partial charge is 0.277 e. The van der Waals surface area contributed by atoms with Crippen molar-refractivity contribution in [2.24, 2.45) is 0 Å². The Balaban J connectivity index is 1.89. The molecule has 4 N–H and O–H groups in total. The maximum absolute atomic E-state index is 11.7. The van der Waals surface area contributed by atoms with Crippen LogP contribution in [0.3, 0.4) is 0 Å². The van der Waals surface area contributed by atoms with Crippen molar-refractivity contribution >= 4 is 51.3 Å². The van der Waals surface area contributed by atoms with Gasteiger partial charge in [-0.25, -0.2) is 10.5 Å². The van der Waals surface area contributed by atoms with Crippen LogP contribution in [0, 0.1) is 0 Å². The Morgan fingerprint density at radius 1 is 1.13 bits per heavy atom. The van der Waals surface area contributed by atoms with Crippen LogP contribution >= 0.6 is 22.9 Å². The van der Waals surface area contributed by atoms with Gasteiger partial charge in [0.05, 0.1) is 33.1 Å². The molecule has 2 heterocycles. The summed E-state index contributed by atoms with van der Waals surface area (Å²) in [5, 5.41) is 17.3. The molecule has 0 aliphatic carbocycles. The van der Waals surface area contributed by atoms with Crippen molar-refractivity contribution in [1.29, 1.82) is 0 Å². The molecule has 10 nitrogen and oxygen atoms in total. The Labute approximate surface area is 180 Å². The number of halogens is 1. The van der Waals surface area contributed by atoms with E-state index in [-0.39, 0.29) is 22.4 Å². The number of hydroxylamine groups is 1. The number of nitrogens with one attached hydrogen (secondary N) is 3. The lowest BCUT2D eigenvalue weighted by atomic mass is 10.2. The molecule has 1 aromatic carbocycles. The molecule has 1 amide bonds. The Bertz CT molecular complexity index is 1040. The molecule has 0 spiro atoms. The first-order chi connectivity index (χ1) is 14.5.